The van der Waals surface area contributed by atoms with Crippen molar-refractivity contribution in [2.75, 3.05) is 18.5 Å². The van der Waals surface area contributed by atoms with E-state index in [1.807, 2.05) is 61.5 Å². The standard InChI is InChI=1S/C17H19N5O/c1-13-7-9-16(10-8-13)22-17(19-20-21-22)18-11-15(12-23)14-5-3-2-4-6-14/h2-10,15,23H,11-12H2,1H3,(H,18,19,21). The first-order chi connectivity index (χ1) is 11.3. The zero-order valence-corrected chi connectivity index (χ0v) is 12.9. The number of aliphatic hydroxyl groups excluding tert-OH is 1. The van der Waals surface area contributed by atoms with Crippen molar-refractivity contribution in [3.8, 4) is 5.69 Å². The molecule has 0 bridgehead atoms. The minimum Gasteiger partial charge on any atom is -0.396 e. The predicted molar refractivity (Wildman–Crippen MR) is 88.6 cm³/mol. The molecule has 1 heterocycles. The summed E-state index contributed by atoms with van der Waals surface area (Å²) in [5.74, 6) is 0.544. The highest BCUT2D eigenvalue weighted by Crippen LogP contribution is 2.17. The Bertz CT molecular complexity index is 739. The molecule has 0 spiro atoms. The van der Waals surface area contributed by atoms with Gasteiger partial charge in [-0.05, 0) is 35.0 Å². The highest BCUT2D eigenvalue weighted by molar-refractivity contribution is 5.40. The average molecular weight is 309 g/mol. The van der Waals surface area contributed by atoms with Crippen molar-refractivity contribution in [3.63, 3.8) is 0 Å². The molecule has 1 atom stereocenters. The van der Waals surface area contributed by atoms with Crippen LogP contribution in [0, 0.1) is 6.92 Å². The van der Waals surface area contributed by atoms with E-state index >= 15 is 0 Å². The number of aryl methyl sites for hydroxylation is 1. The topological polar surface area (TPSA) is 75.9 Å². The van der Waals surface area contributed by atoms with Crippen LogP contribution < -0.4 is 5.32 Å². The molecule has 0 aliphatic carbocycles. The highest BCUT2D eigenvalue weighted by Gasteiger charge is 2.13. The van der Waals surface area contributed by atoms with Gasteiger partial charge in [-0.15, -0.1) is 0 Å². The number of aliphatic hydroxyl groups is 1. The molecule has 23 heavy (non-hydrogen) atoms. The van der Waals surface area contributed by atoms with Gasteiger partial charge in [-0.25, -0.2) is 0 Å². The monoisotopic (exact) mass is 309 g/mol. The summed E-state index contributed by atoms with van der Waals surface area (Å²) in [6.07, 6.45) is 0. The van der Waals surface area contributed by atoms with Gasteiger partial charge in [-0.3, -0.25) is 0 Å². The van der Waals surface area contributed by atoms with Gasteiger partial charge in [0.05, 0.1) is 12.3 Å². The van der Waals surface area contributed by atoms with E-state index in [1.54, 1.807) is 4.68 Å². The van der Waals surface area contributed by atoms with E-state index in [0.717, 1.165) is 11.3 Å². The summed E-state index contributed by atoms with van der Waals surface area (Å²) < 4.78 is 1.65. The molecule has 0 fully saturated rings. The molecule has 1 unspecified atom stereocenters. The summed E-state index contributed by atoms with van der Waals surface area (Å²) in [6, 6.07) is 17.9. The van der Waals surface area contributed by atoms with Gasteiger partial charge in [-0.1, -0.05) is 53.1 Å². The Morgan fingerprint density at radius 2 is 1.83 bits per heavy atom. The zero-order valence-electron chi connectivity index (χ0n) is 12.9. The SMILES string of the molecule is Cc1ccc(-n2nnnc2NCC(CO)c2ccccc2)cc1. The second-order valence-corrected chi connectivity index (χ2v) is 5.42. The molecule has 0 aliphatic heterocycles. The van der Waals surface area contributed by atoms with E-state index in [4.69, 9.17) is 0 Å². The van der Waals surface area contributed by atoms with Gasteiger partial charge in [0.1, 0.15) is 0 Å². The van der Waals surface area contributed by atoms with Crippen molar-refractivity contribution in [3.05, 3.63) is 65.7 Å². The Hall–Kier alpha value is -2.73. The normalized spacial score (nSPS) is 12.1. The first-order valence-corrected chi connectivity index (χ1v) is 7.53. The van der Waals surface area contributed by atoms with Gasteiger partial charge in [-0.2, -0.15) is 4.68 Å². The zero-order chi connectivity index (χ0) is 16.1. The lowest BCUT2D eigenvalue weighted by Gasteiger charge is -2.15. The maximum atomic E-state index is 9.63. The van der Waals surface area contributed by atoms with Crippen LogP contribution in [0.2, 0.25) is 0 Å². The number of hydrogen-bond acceptors (Lipinski definition) is 5. The summed E-state index contributed by atoms with van der Waals surface area (Å²) in [7, 11) is 0. The van der Waals surface area contributed by atoms with Crippen molar-refractivity contribution in [1.82, 2.24) is 20.2 Å². The summed E-state index contributed by atoms with van der Waals surface area (Å²) in [5.41, 5.74) is 3.15. The number of aromatic nitrogens is 4. The first kappa shape index (κ1) is 15.2. The summed E-state index contributed by atoms with van der Waals surface area (Å²) >= 11 is 0. The average Bonchev–Trinajstić information content (AvgIpc) is 3.06. The molecular formula is C17H19N5O. The molecule has 3 aromatic rings. The first-order valence-electron chi connectivity index (χ1n) is 7.53. The third kappa shape index (κ3) is 3.54. The van der Waals surface area contributed by atoms with Crippen LogP contribution in [0.3, 0.4) is 0 Å². The number of tetrazole rings is 1. The lowest BCUT2D eigenvalue weighted by molar-refractivity contribution is 0.270. The summed E-state index contributed by atoms with van der Waals surface area (Å²) in [4.78, 5) is 0. The Balaban J connectivity index is 1.74. The molecule has 1 aromatic heterocycles. The van der Waals surface area contributed by atoms with E-state index < -0.39 is 0 Å². The van der Waals surface area contributed by atoms with Gasteiger partial charge < -0.3 is 10.4 Å². The number of nitrogens with one attached hydrogen (secondary N) is 1. The van der Waals surface area contributed by atoms with E-state index in [0.29, 0.717) is 12.5 Å². The Morgan fingerprint density at radius 3 is 2.52 bits per heavy atom. The minimum atomic E-state index is -0.0145. The smallest absolute Gasteiger partial charge is 0.247 e. The number of benzene rings is 2. The van der Waals surface area contributed by atoms with Crippen LogP contribution in [0.15, 0.2) is 54.6 Å². The van der Waals surface area contributed by atoms with Crippen LogP contribution in [0.5, 0.6) is 0 Å². The molecule has 0 aliphatic rings. The Labute approximate surface area is 134 Å². The second-order valence-electron chi connectivity index (χ2n) is 5.42. The fourth-order valence-corrected chi connectivity index (χ4v) is 2.38. The van der Waals surface area contributed by atoms with Gasteiger partial charge in [0, 0.05) is 12.5 Å². The van der Waals surface area contributed by atoms with Crippen LogP contribution in [-0.4, -0.2) is 38.5 Å². The van der Waals surface area contributed by atoms with Crippen LogP contribution >= 0.6 is 0 Å². The fraction of sp³-hybridized carbons (Fsp3) is 0.235. The molecular weight excluding hydrogens is 290 g/mol. The molecule has 6 heteroatoms. The number of nitrogens with zero attached hydrogens (tertiary/aromatic N) is 4. The van der Waals surface area contributed by atoms with Gasteiger partial charge >= 0.3 is 0 Å². The molecule has 2 aromatic carbocycles. The Kier molecular flexibility index (Phi) is 4.63. The second kappa shape index (κ2) is 7.02. The quantitative estimate of drug-likeness (QED) is 0.730. The fourth-order valence-electron chi connectivity index (χ4n) is 2.38. The molecule has 0 amide bonds. The van der Waals surface area contributed by atoms with Crippen LogP contribution in [0.25, 0.3) is 5.69 Å². The third-order valence-corrected chi connectivity index (χ3v) is 3.75. The predicted octanol–water partition coefficient (Wildman–Crippen LogP) is 2.16. The van der Waals surface area contributed by atoms with Crippen molar-refractivity contribution < 1.29 is 5.11 Å². The number of anilines is 1. The molecule has 6 nitrogen and oxygen atoms in total. The summed E-state index contributed by atoms with van der Waals surface area (Å²) in [5, 5.41) is 24.6. The van der Waals surface area contributed by atoms with Crippen molar-refractivity contribution in [2.45, 2.75) is 12.8 Å². The molecule has 118 valence electrons. The molecule has 0 saturated carbocycles. The number of rotatable bonds is 6. The Morgan fingerprint density at radius 1 is 1.09 bits per heavy atom. The van der Waals surface area contributed by atoms with Gasteiger partial charge in [0.2, 0.25) is 5.95 Å². The van der Waals surface area contributed by atoms with E-state index in [9.17, 15) is 5.11 Å². The lowest BCUT2D eigenvalue weighted by Crippen LogP contribution is -2.18. The van der Waals surface area contributed by atoms with Crippen molar-refractivity contribution in [1.29, 1.82) is 0 Å². The minimum absolute atomic E-state index is 0.0145. The number of hydrogen-bond donors (Lipinski definition) is 2. The van der Waals surface area contributed by atoms with Crippen LogP contribution in [0.4, 0.5) is 5.95 Å². The van der Waals surface area contributed by atoms with Crippen molar-refractivity contribution >= 4 is 5.95 Å². The maximum Gasteiger partial charge on any atom is 0.247 e. The summed E-state index contributed by atoms with van der Waals surface area (Å²) in [6.45, 7) is 2.64. The van der Waals surface area contributed by atoms with E-state index in [2.05, 4.69) is 20.8 Å². The van der Waals surface area contributed by atoms with Crippen molar-refractivity contribution in [2.24, 2.45) is 0 Å². The van der Waals surface area contributed by atoms with Gasteiger partial charge in [0.25, 0.3) is 0 Å². The molecule has 3 rings (SSSR count). The molecule has 2 N–H and O–H groups in total. The van der Waals surface area contributed by atoms with Crippen LogP contribution in [0.1, 0.15) is 17.0 Å². The maximum absolute atomic E-state index is 9.63. The third-order valence-electron chi connectivity index (χ3n) is 3.75. The molecule has 0 saturated heterocycles. The van der Waals surface area contributed by atoms with Gasteiger partial charge in [0.15, 0.2) is 0 Å². The van der Waals surface area contributed by atoms with E-state index in [-0.39, 0.29) is 12.5 Å². The lowest BCUT2D eigenvalue weighted by atomic mass is 10.0. The largest absolute Gasteiger partial charge is 0.396 e. The van der Waals surface area contributed by atoms with Crippen LogP contribution in [-0.2, 0) is 0 Å². The molecule has 0 radical (unpaired) electrons. The highest BCUT2D eigenvalue weighted by atomic mass is 16.3. The van der Waals surface area contributed by atoms with E-state index in [1.165, 1.54) is 5.56 Å².